The summed E-state index contributed by atoms with van der Waals surface area (Å²) in [6, 6.07) is 11.1. The SMILES string of the molecule is CNC(=O)C[C@](C)(N)c1cccc(-c2cc(C#N)ccc2F)n1. The number of carbonyl (C=O) groups is 1. The number of nitrogens with one attached hydrogen (secondary N) is 1. The second kappa shape index (κ2) is 6.55. The number of nitriles is 1. The average molecular weight is 312 g/mol. The normalized spacial score (nSPS) is 13.0. The van der Waals surface area contributed by atoms with Crippen LogP contribution in [-0.4, -0.2) is 17.9 Å². The van der Waals surface area contributed by atoms with Crippen molar-refractivity contribution in [1.82, 2.24) is 10.3 Å². The molecule has 0 radical (unpaired) electrons. The van der Waals surface area contributed by atoms with Crippen molar-refractivity contribution in [3.8, 4) is 17.3 Å². The Balaban J connectivity index is 2.45. The summed E-state index contributed by atoms with van der Waals surface area (Å²) in [5, 5.41) is 11.5. The zero-order chi connectivity index (χ0) is 17.0. The van der Waals surface area contributed by atoms with Gasteiger partial charge in [0.05, 0.1) is 28.6 Å². The Labute approximate surface area is 134 Å². The predicted octanol–water partition coefficient (Wildman–Crippen LogP) is 2.07. The Bertz CT molecular complexity index is 780. The molecule has 0 saturated carbocycles. The molecule has 0 aliphatic heterocycles. The first-order chi connectivity index (χ1) is 10.9. The van der Waals surface area contributed by atoms with Crippen LogP contribution in [0.5, 0.6) is 0 Å². The van der Waals surface area contributed by atoms with Crippen LogP contribution in [0, 0.1) is 17.1 Å². The molecule has 1 amide bonds. The second-order valence-electron chi connectivity index (χ2n) is 5.48. The molecule has 0 saturated heterocycles. The van der Waals surface area contributed by atoms with Crippen molar-refractivity contribution in [2.24, 2.45) is 5.73 Å². The second-order valence-corrected chi connectivity index (χ2v) is 5.48. The lowest BCUT2D eigenvalue weighted by atomic mass is 9.93. The van der Waals surface area contributed by atoms with Crippen LogP contribution in [0.15, 0.2) is 36.4 Å². The van der Waals surface area contributed by atoms with Crippen LogP contribution < -0.4 is 11.1 Å². The molecule has 5 nitrogen and oxygen atoms in total. The van der Waals surface area contributed by atoms with E-state index in [1.54, 1.807) is 25.1 Å². The molecule has 0 fully saturated rings. The fourth-order valence-corrected chi connectivity index (χ4v) is 2.21. The minimum Gasteiger partial charge on any atom is -0.359 e. The number of amides is 1. The quantitative estimate of drug-likeness (QED) is 0.904. The molecule has 118 valence electrons. The van der Waals surface area contributed by atoms with E-state index in [1.165, 1.54) is 25.2 Å². The van der Waals surface area contributed by atoms with Crippen LogP contribution in [0.2, 0.25) is 0 Å². The molecule has 0 unspecified atom stereocenters. The summed E-state index contributed by atoms with van der Waals surface area (Å²) in [4.78, 5) is 16.0. The van der Waals surface area contributed by atoms with Gasteiger partial charge in [0.15, 0.2) is 0 Å². The van der Waals surface area contributed by atoms with Crippen molar-refractivity contribution in [2.45, 2.75) is 18.9 Å². The van der Waals surface area contributed by atoms with Crippen LogP contribution in [0.25, 0.3) is 11.3 Å². The third-order valence-electron chi connectivity index (χ3n) is 3.51. The van der Waals surface area contributed by atoms with Crippen LogP contribution in [0.3, 0.4) is 0 Å². The number of halogens is 1. The first kappa shape index (κ1) is 16.6. The van der Waals surface area contributed by atoms with Crippen LogP contribution in [0.1, 0.15) is 24.6 Å². The minimum absolute atomic E-state index is 0.0562. The maximum absolute atomic E-state index is 14.0. The first-order valence-electron chi connectivity index (χ1n) is 7.04. The maximum atomic E-state index is 14.0. The van der Waals surface area contributed by atoms with Gasteiger partial charge in [-0.2, -0.15) is 5.26 Å². The summed E-state index contributed by atoms with van der Waals surface area (Å²) < 4.78 is 14.0. The lowest BCUT2D eigenvalue weighted by Crippen LogP contribution is -2.39. The molecule has 0 aliphatic rings. The highest BCUT2D eigenvalue weighted by atomic mass is 19.1. The molecule has 1 heterocycles. The largest absolute Gasteiger partial charge is 0.359 e. The number of pyridine rings is 1. The van der Waals surface area contributed by atoms with Gasteiger partial charge in [0, 0.05) is 19.0 Å². The lowest BCUT2D eigenvalue weighted by molar-refractivity contribution is -0.121. The summed E-state index contributed by atoms with van der Waals surface area (Å²) in [5.74, 6) is -0.682. The Morgan fingerprint density at radius 1 is 1.43 bits per heavy atom. The topological polar surface area (TPSA) is 91.8 Å². The standard InChI is InChI=1S/C17H17FN4O/c1-17(20,9-16(23)21-2)15-5-3-4-14(22-15)12-8-11(10-19)6-7-13(12)18/h3-8H,9,20H2,1-2H3,(H,21,23)/t17-/m0/s1. The molecule has 23 heavy (non-hydrogen) atoms. The van der Waals surface area contributed by atoms with E-state index < -0.39 is 11.4 Å². The van der Waals surface area contributed by atoms with E-state index in [0.29, 0.717) is 17.0 Å². The van der Waals surface area contributed by atoms with E-state index >= 15 is 0 Å². The summed E-state index contributed by atoms with van der Waals surface area (Å²) in [6.07, 6.45) is 0.0562. The van der Waals surface area contributed by atoms with Gasteiger partial charge in [0.2, 0.25) is 5.91 Å². The predicted molar refractivity (Wildman–Crippen MR) is 84.6 cm³/mol. The number of nitrogens with zero attached hydrogens (tertiary/aromatic N) is 2. The van der Waals surface area contributed by atoms with Gasteiger partial charge in [0.1, 0.15) is 5.82 Å². The maximum Gasteiger partial charge on any atom is 0.221 e. The van der Waals surface area contributed by atoms with E-state index in [4.69, 9.17) is 11.0 Å². The fraction of sp³-hybridized carbons (Fsp3) is 0.235. The Kier molecular flexibility index (Phi) is 4.72. The van der Waals surface area contributed by atoms with Crippen molar-refractivity contribution in [3.05, 3.63) is 53.5 Å². The Morgan fingerprint density at radius 2 is 2.17 bits per heavy atom. The lowest BCUT2D eigenvalue weighted by Gasteiger charge is -2.23. The van der Waals surface area contributed by atoms with Crippen LogP contribution in [-0.2, 0) is 10.3 Å². The molecule has 1 aromatic carbocycles. The van der Waals surface area contributed by atoms with Gasteiger partial charge >= 0.3 is 0 Å². The Morgan fingerprint density at radius 3 is 2.83 bits per heavy atom. The van der Waals surface area contributed by atoms with Gasteiger partial charge in [-0.05, 0) is 37.3 Å². The van der Waals surface area contributed by atoms with Crippen molar-refractivity contribution >= 4 is 5.91 Å². The van der Waals surface area contributed by atoms with E-state index in [1.807, 2.05) is 6.07 Å². The van der Waals surface area contributed by atoms with Crippen molar-refractivity contribution in [2.75, 3.05) is 7.05 Å². The van der Waals surface area contributed by atoms with E-state index in [2.05, 4.69) is 10.3 Å². The van der Waals surface area contributed by atoms with Crippen LogP contribution >= 0.6 is 0 Å². The molecule has 0 bridgehead atoms. The molecule has 3 N–H and O–H groups in total. The Hall–Kier alpha value is -2.78. The van der Waals surface area contributed by atoms with Gasteiger partial charge in [-0.15, -0.1) is 0 Å². The summed E-state index contributed by atoms with van der Waals surface area (Å²) in [7, 11) is 1.53. The molecule has 1 atom stereocenters. The monoisotopic (exact) mass is 312 g/mol. The van der Waals surface area contributed by atoms with Gasteiger partial charge in [-0.1, -0.05) is 6.07 Å². The molecule has 2 aromatic rings. The number of hydrogen-bond acceptors (Lipinski definition) is 4. The number of aromatic nitrogens is 1. The van der Waals surface area contributed by atoms with Crippen LogP contribution in [0.4, 0.5) is 4.39 Å². The number of benzene rings is 1. The molecular weight excluding hydrogens is 295 g/mol. The van der Waals surface area contributed by atoms with E-state index in [-0.39, 0.29) is 17.9 Å². The number of rotatable bonds is 4. The number of carbonyl (C=O) groups excluding carboxylic acids is 1. The molecule has 6 heteroatoms. The zero-order valence-corrected chi connectivity index (χ0v) is 12.9. The molecule has 1 aromatic heterocycles. The highest BCUT2D eigenvalue weighted by Gasteiger charge is 2.26. The molecular formula is C17H17FN4O. The molecule has 0 aliphatic carbocycles. The number of hydrogen-bond donors (Lipinski definition) is 2. The molecule has 2 rings (SSSR count). The van der Waals surface area contributed by atoms with Crippen molar-refractivity contribution < 1.29 is 9.18 Å². The highest BCUT2D eigenvalue weighted by molar-refractivity contribution is 5.77. The molecule has 0 spiro atoms. The van der Waals surface area contributed by atoms with Gasteiger partial charge < -0.3 is 11.1 Å². The first-order valence-corrected chi connectivity index (χ1v) is 7.04. The van der Waals surface area contributed by atoms with E-state index in [9.17, 15) is 9.18 Å². The van der Waals surface area contributed by atoms with Crippen molar-refractivity contribution in [1.29, 1.82) is 5.26 Å². The average Bonchev–Trinajstić information content (AvgIpc) is 2.55. The van der Waals surface area contributed by atoms with Gasteiger partial charge in [-0.25, -0.2) is 4.39 Å². The summed E-state index contributed by atoms with van der Waals surface area (Å²) >= 11 is 0. The summed E-state index contributed by atoms with van der Waals surface area (Å²) in [6.45, 7) is 1.69. The van der Waals surface area contributed by atoms with Gasteiger partial charge in [-0.3, -0.25) is 9.78 Å². The smallest absolute Gasteiger partial charge is 0.221 e. The third-order valence-corrected chi connectivity index (χ3v) is 3.51. The van der Waals surface area contributed by atoms with E-state index in [0.717, 1.165) is 0 Å². The third kappa shape index (κ3) is 3.71. The summed E-state index contributed by atoms with van der Waals surface area (Å²) in [5.41, 5.74) is 6.60. The number of nitrogens with two attached hydrogens (primary N) is 1. The zero-order valence-electron chi connectivity index (χ0n) is 12.9. The highest BCUT2D eigenvalue weighted by Crippen LogP contribution is 2.26. The minimum atomic E-state index is -0.987. The van der Waals surface area contributed by atoms with Gasteiger partial charge in [0.25, 0.3) is 0 Å². The van der Waals surface area contributed by atoms with Crippen molar-refractivity contribution in [3.63, 3.8) is 0 Å². The fourth-order valence-electron chi connectivity index (χ4n) is 2.21.